The lowest BCUT2D eigenvalue weighted by atomic mass is 9.87. The first-order valence-electron chi connectivity index (χ1n) is 9.33. The van der Waals surface area contributed by atoms with Gasteiger partial charge in [0.1, 0.15) is 0 Å². The molecule has 0 radical (unpaired) electrons. The summed E-state index contributed by atoms with van der Waals surface area (Å²) >= 11 is 6.02. The fourth-order valence-corrected chi connectivity index (χ4v) is 4.35. The van der Waals surface area contributed by atoms with Crippen molar-refractivity contribution in [3.63, 3.8) is 0 Å². The summed E-state index contributed by atoms with van der Waals surface area (Å²) in [5.41, 5.74) is 6.37. The second-order valence-electron chi connectivity index (χ2n) is 7.06. The van der Waals surface area contributed by atoms with Gasteiger partial charge in [0.05, 0.1) is 0 Å². The maximum atomic E-state index is 6.02. The lowest BCUT2D eigenvalue weighted by Crippen LogP contribution is -1.92. The van der Waals surface area contributed by atoms with Crippen molar-refractivity contribution in [1.82, 2.24) is 4.98 Å². The highest BCUT2D eigenvalue weighted by atomic mass is 35.5. The highest BCUT2D eigenvalue weighted by Gasteiger charge is 2.15. The van der Waals surface area contributed by atoms with E-state index in [2.05, 4.69) is 78.6 Å². The van der Waals surface area contributed by atoms with Crippen LogP contribution in [0.5, 0.6) is 0 Å². The van der Waals surface area contributed by atoms with Gasteiger partial charge >= 0.3 is 0 Å². The van der Waals surface area contributed by atoms with Crippen LogP contribution < -0.4 is 0 Å². The van der Waals surface area contributed by atoms with E-state index < -0.39 is 0 Å². The third kappa shape index (κ3) is 2.59. The van der Waals surface area contributed by atoms with Crippen LogP contribution in [0.2, 0.25) is 0 Å². The summed E-state index contributed by atoms with van der Waals surface area (Å²) in [5, 5.41) is 7.30. The zero-order valence-corrected chi connectivity index (χ0v) is 16.2. The molecule has 5 aromatic rings. The summed E-state index contributed by atoms with van der Waals surface area (Å²) in [5.74, 6) is 0. The van der Waals surface area contributed by atoms with Gasteiger partial charge in [0.25, 0.3) is 0 Å². The molecule has 2 heteroatoms. The second-order valence-corrected chi connectivity index (χ2v) is 7.31. The minimum atomic E-state index is 1.11. The van der Waals surface area contributed by atoms with Gasteiger partial charge in [-0.15, -0.1) is 0 Å². The van der Waals surface area contributed by atoms with E-state index in [0.717, 1.165) is 10.9 Å². The van der Waals surface area contributed by atoms with Gasteiger partial charge < -0.3 is 0 Å². The molecule has 134 valence electrons. The maximum Gasteiger partial charge on any atom is 0.0352 e. The fourth-order valence-electron chi connectivity index (χ4n) is 4.22. The first-order valence-corrected chi connectivity index (χ1v) is 9.76. The molecule has 0 atom stereocenters. The van der Waals surface area contributed by atoms with E-state index >= 15 is 0 Å². The molecule has 1 nitrogen and oxygen atoms in total. The molecule has 1 heterocycles. The van der Waals surface area contributed by atoms with Gasteiger partial charge in [-0.2, -0.15) is 0 Å². The van der Waals surface area contributed by atoms with Gasteiger partial charge in [0.2, 0.25) is 0 Å². The van der Waals surface area contributed by atoms with E-state index in [4.69, 9.17) is 11.6 Å². The SMILES string of the molecule is Cc1cc2ccncc2c2c(-c3cccc4ccccc34)c(/C=C/Cl)ccc12. The van der Waals surface area contributed by atoms with Crippen LogP contribution in [0.3, 0.4) is 0 Å². The lowest BCUT2D eigenvalue weighted by Gasteiger charge is -2.17. The van der Waals surface area contributed by atoms with Crippen LogP contribution >= 0.6 is 11.6 Å². The van der Waals surface area contributed by atoms with Gasteiger partial charge in [0.15, 0.2) is 0 Å². The monoisotopic (exact) mass is 379 g/mol. The Morgan fingerprint density at radius 1 is 0.821 bits per heavy atom. The minimum Gasteiger partial charge on any atom is -0.264 e. The van der Waals surface area contributed by atoms with Gasteiger partial charge in [-0.1, -0.05) is 72.3 Å². The highest BCUT2D eigenvalue weighted by Crippen LogP contribution is 2.41. The van der Waals surface area contributed by atoms with E-state index in [-0.39, 0.29) is 0 Å². The Bertz CT molecular complexity index is 1380. The average molecular weight is 380 g/mol. The number of fused-ring (bicyclic) bond motifs is 4. The zero-order chi connectivity index (χ0) is 19.1. The molecule has 0 bridgehead atoms. The number of halogens is 1. The third-order valence-electron chi connectivity index (χ3n) is 5.46. The summed E-state index contributed by atoms with van der Waals surface area (Å²) in [4.78, 5) is 4.42. The van der Waals surface area contributed by atoms with Crippen molar-refractivity contribution in [2.75, 3.05) is 0 Å². The van der Waals surface area contributed by atoms with Crippen LogP contribution in [0.4, 0.5) is 0 Å². The Morgan fingerprint density at radius 2 is 1.68 bits per heavy atom. The van der Waals surface area contributed by atoms with Crippen molar-refractivity contribution in [3.05, 3.63) is 95.8 Å². The van der Waals surface area contributed by atoms with E-state index in [1.54, 1.807) is 5.54 Å². The Hall–Kier alpha value is -3.16. The summed E-state index contributed by atoms with van der Waals surface area (Å²) in [6, 6.07) is 23.7. The van der Waals surface area contributed by atoms with Crippen LogP contribution in [0.15, 0.2) is 84.7 Å². The summed E-state index contributed by atoms with van der Waals surface area (Å²) in [6.07, 6.45) is 5.80. The molecular weight excluding hydrogens is 362 g/mol. The van der Waals surface area contributed by atoms with Gasteiger partial charge in [-0.25, -0.2) is 0 Å². The number of hydrogen-bond acceptors (Lipinski definition) is 1. The zero-order valence-electron chi connectivity index (χ0n) is 15.5. The Morgan fingerprint density at radius 3 is 2.57 bits per heavy atom. The summed E-state index contributed by atoms with van der Waals surface area (Å²) in [6.45, 7) is 2.17. The number of aryl methyl sites for hydroxylation is 1. The number of pyridine rings is 1. The van der Waals surface area contributed by atoms with Gasteiger partial charge in [0, 0.05) is 23.3 Å². The van der Waals surface area contributed by atoms with Crippen molar-refractivity contribution in [2.24, 2.45) is 0 Å². The molecule has 0 fully saturated rings. The molecule has 1 aromatic heterocycles. The molecule has 4 aromatic carbocycles. The highest BCUT2D eigenvalue weighted by molar-refractivity contribution is 6.27. The molecule has 28 heavy (non-hydrogen) atoms. The predicted octanol–water partition coefficient (Wildman–Crippen LogP) is 7.73. The number of hydrogen-bond donors (Lipinski definition) is 0. The largest absolute Gasteiger partial charge is 0.264 e. The van der Waals surface area contributed by atoms with E-state index in [1.165, 1.54) is 43.6 Å². The Kier molecular flexibility index (Phi) is 4.11. The molecule has 5 rings (SSSR count). The number of rotatable bonds is 2. The van der Waals surface area contributed by atoms with Gasteiger partial charge in [-0.05, 0) is 68.3 Å². The molecule has 0 aliphatic carbocycles. The summed E-state index contributed by atoms with van der Waals surface area (Å²) < 4.78 is 0. The number of aromatic nitrogens is 1. The maximum absolute atomic E-state index is 6.02. The van der Waals surface area contributed by atoms with E-state index in [1.807, 2.05) is 18.5 Å². The van der Waals surface area contributed by atoms with Crippen LogP contribution in [-0.2, 0) is 0 Å². The molecule has 0 aliphatic rings. The van der Waals surface area contributed by atoms with Crippen molar-refractivity contribution >= 4 is 50.0 Å². The van der Waals surface area contributed by atoms with Crippen LogP contribution in [0.1, 0.15) is 11.1 Å². The third-order valence-corrected chi connectivity index (χ3v) is 5.59. The minimum absolute atomic E-state index is 1.11. The quantitative estimate of drug-likeness (QED) is 0.286. The molecule has 0 amide bonds. The molecule has 0 unspecified atom stereocenters. The summed E-state index contributed by atoms with van der Waals surface area (Å²) in [7, 11) is 0. The molecule has 0 spiro atoms. The average Bonchev–Trinajstić information content (AvgIpc) is 2.73. The Labute approximate surface area is 168 Å². The normalized spacial score (nSPS) is 11.8. The fraction of sp³-hybridized carbons (Fsp3) is 0.0385. The van der Waals surface area contributed by atoms with Gasteiger partial charge in [-0.3, -0.25) is 4.98 Å². The predicted molar refractivity (Wildman–Crippen MR) is 122 cm³/mol. The number of benzene rings is 4. The molecule has 0 aliphatic heterocycles. The van der Waals surface area contributed by atoms with Crippen molar-refractivity contribution in [2.45, 2.75) is 6.92 Å². The molecular formula is C26H18ClN. The van der Waals surface area contributed by atoms with Crippen LogP contribution in [0, 0.1) is 6.92 Å². The lowest BCUT2D eigenvalue weighted by molar-refractivity contribution is 1.37. The molecule has 0 saturated heterocycles. The van der Waals surface area contributed by atoms with Crippen LogP contribution in [0.25, 0.3) is 49.5 Å². The first kappa shape index (κ1) is 17.0. The van der Waals surface area contributed by atoms with Crippen molar-refractivity contribution in [3.8, 4) is 11.1 Å². The molecule has 0 saturated carbocycles. The standard InChI is InChI=1S/C26H18ClN/c1-17-15-20-12-14-28-16-24(20)26-21(17)10-9-19(11-13-27)25(26)23-8-4-6-18-5-2-3-7-22(18)23/h2-16H,1H3/b13-11+. The van der Waals surface area contributed by atoms with E-state index in [0.29, 0.717) is 0 Å². The first-order chi connectivity index (χ1) is 13.8. The Balaban J connectivity index is 2.06. The molecule has 0 N–H and O–H groups in total. The van der Waals surface area contributed by atoms with Crippen molar-refractivity contribution in [1.29, 1.82) is 0 Å². The topological polar surface area (TPSA) is 12.9 Å². The smallest absolute Gasteiger partial charge is 0.0352 e. The number of nitrogens with zero attached hydrogens (tertiary/aromatic N) is 1. The van der Waals surface area contributed by atoms with E-state index in [9.17, 15) is 0 Å². The second kappa shape index (κ2) is 6.78. The van der Waals surface area contributed by atoms with Crippen molar-refractivity contribution < 1.29 is 0 Å². The van der Waals surface area contributed by atoms with Crippen LogP contribution in [-0.4, -0.2) is 4.98 Å².